The van der Waals surface area contributed by atoms with Gasteiger partial charge in [-0.2, -0.15) is 8.78 Å². The molecule has 0 saturated heterocycles. The molecule has 0 aliphatic rings. The van der Waals surface area contributed by atoms with Crippen LogP contribution in [0.2, 0.25) is 0 Å². The van der Waals surface area contributed by atoms with Crippen LogP contribution in [0.3, 0.4) is 0 Å². The minimum Gasteiger partial charge on any atom is -0.435 e. The Bertz CT molecular complexity index is 661. The van der Waals surface area contributed by atoms with E-state index in [0.717, 1.165) is 11.4 Å². The normalized spacial score (nSPS) is 10.3. The molecule has 3 N–H and O–H groups in total. The van der Waals surface area contributed by atoms with E-state index in [-0.39, 0.29) is 10.9 Å². The van der Waals surface area contributed by atoms with Crippen LogP contribution in [0.15, 0.2) is 30.3 Å². The average molecular weight is 339 g/mol. The Labute approximate surface area is 137 Å². The molecule has 0 aliphatic carbocycles. The number of aromatic nitrogens is 2. The molecule has 0 fully saturated rings. The third kappa shape index (κ3) is 5.62. The minimum atomic E-state index is -2.85. The molecule has 9 heteroatoms. The Morgan fingerprint density at radius 3 is 2.30 bits per heavy atom. The molecule has 0 aliphatic heterocycles. The van der Waals surface area contributed by atoms with E-state index in [9.17, 15) is 8.78 Å². The van der Waals surface area contributed by atoms with Gasteiger partial charge in [0, 0.05) is 17.1 Å². The van der Waals surface area contributed by atoms with Crippen LogP contribution >= 0.6 is 12.2 Å². The van der Waals surface area contributed by atoms with Crippen molar-refractivity contribution >= 4 is 29.0 Å². The predicted molar refractivity (Wildman–Crippen MR) is 87.6 cm³/mol. The first-order chi connectivity index (χ1) is 10.9. The van der Waals surface area contributed by atoms with Crippen LogP contribution in [-0.2, 0) is 0 Å². The molecule has 1 aromatic carbocycles. The average Bonchev–Trinajstić information content (AvgIpc) is 2.46. The molecule has 2 aromatic rings. The lowest BCUT2D eigenvalue weighted by Crippen LogP contribution is -2.34. The highest BCUT2D eigenvalue weighted by Crippen LogP contribution is 2.17. The van der Waals surface area contributed by atoms with Crippen molar-refractivity contribution in [3.05, 3.63) is 41.7 Å². The first-order valence-corrected chi connectivity index (χ1v) is 7.03. The zero-order chi connectivity index (χ0) is 16.8. The summed E-state index contributed by atoms with van der Waals surface area (Å²) < 4.78 is 28.4. The van der Waals surface area contributed by atoms with E-state index in [2.05, 4.69) is 30.9 Å². The van der Waals surface area contributed by atoms with E-state index in [1.165, 1.54) is 12.1 Å². The number of rotatable bonds is 5. The quantitative estimate of drug-likeness (QED) is 0.571. The summed E-state index contributed by atoms with van der Waals surface area (Å²) in [6, 6.07) is 7.82. The van der Waals surface area contributed by atoms with Crippen molar-refractivity contribution in [2.75, 3.05) is 10.7 Å². The van der Waals surface area contributed by atoms with Gasteiger partial charge in [-0.1, -0.05) is 0 Å². The third-order valence-electron chi connectivity index (χ3n) is 2.61. The standard InChI is InChI=1S/C14H15F2N5OS/c1-8-7-9(2)18-13(17-8)20-21-14(23)19-10-3-5-11(6-4-10)22-12(15)16/h3-7,12H,1-2H3,(H,17,18,20)(H2,19,21,23). The molecule has 0 radical (unpaired) electrons. The van der Waals surface area contributed by atoms with Crippen LogP contribution in [0, 0.1) is 13.8 Å². The summed E-state index contributed by atoms with van der Waals surface area (Å²) in [5.74, 6) is 0.471. The molecule has 0 saturated carbocycles. The van der Waals surface area contributed by atoms with Crippen LogP contribution in [0.25, 0.3) is 0 Å². The van der Waals surface area contributed by atoms with E-state index >= 15 is 0 Å². The van der Waals surface area contributed by atoms with Crippen LogP contribution in [0.1, 0.15) is 11.4 Å². The van der Waals surface area contributed by atoms with Gasteiger partial charge in [0.05, 0.1) is 0 Å². The lowest BCUT2D eigenvalue weighted by molar-refractivity contribution is -0.0498. The number of nitrogens with one attached hydrogen (secondary N) is 3. The van der Waals surface area contributed by atoms with Crippen molar-refractivity contribution in [1.82, 2.24) is 15.4 Å². The minimum absolute atomic E-state index is 0.0752. The third-order valence-corrected chi connectivity index (χ3v) is 2.81. The second kappa shape index (κ2) is 7.63. The predicted octanol–water partition coefficient (Wildman–Crippen LogP) is 3.01. The van der Waals surface area contributed by atoms with E-state index in [1.54, 1.807) is 12.1 Å². The molecule has 0 amide bonds. The van der Waals surface area contributed by atoms with Crippen molar-refractivity contribution < 1.29 is 13.5 Å². The first kappa shape index (κ1) is 16.8. The number of alkyl halides is 2. The maximum atomic E-state index is 12.1. The van der Waals surface area contributed by atoms with Crippen molar-refractivity contribution in [2.45, 2.75) is 20.5 Å². The number of hydrogen-bond donors (Lipinski definition) is 3. The van der Waals surface area contributed by atoms with E-state index in [1.807, 2.05) is 19.9 Å². The molecular formula is C14H15F2N5OS. The van der Waals surface area contributed by atoms with Gasteiger partial charge in [0.15, 0.2) is 5.11 Å². The molecule has 0 atom stereocenters. The molecular weight excluding hydrogens is 324 g/mol. The molecule has 0 bridgehead atoms. The van der Waals surface area contributed by atoms with Gasteiger partial charge >= 0.3 is 6.61 Å². The topological polar surface area (TPSA) is 71.1 Å². The summed E-state index contributed by atoms with van der Waals surface area (Å²) in [6.45, 7) is 0.873. The lowest BCUT2D eigenvalue weighted by atomic mass is 10.3. The molecule has 6 nitrogen and oxygen atoms in total. The Balaban J connectivity index is 1.87. The number of benzene rings is 1. The maximum Gasteiger partial charge on any atom is 0.387 e. The van der Waals surface area contributed by atoms with Gasteiger partial charge in [-0.3, -0.25) is 10.9 Å². The summed E-state index contributed by atoms with van der Waals surface area (Å²) in [6.07, 6.45) is 0. The Hall–Kier alpha value is -2.55. The van der Waals surface area contributed by atoms with Crippen molar-refractivity contribution in [3.8, 4) is 5.75 Å². The fourth-order valence-electron chi connectivity index (χ4n) is 1.78. The molecule has 23 heavy (non-hydrogen) atoms. The van der Waals surface area contributed by atoms with Crippen molar-refractivity contribution in [1.29, 1.82) is 0 Å². The van der Waals surface area contributed by atoms with Gasteiger partial charge in [-0.15, -0.1) is 0 Å². The molecule has 1 aromatic heterocycles. The number of hydrazine groups is 1. The number of anilines is 2. The zero-order valence-electron chi connectivity index (χ0n) is 12.4. The number of ether oxygens (including phenoxy) is 1. The Kier molecular flexibility index (Phi) is 5.58. The summed E-state index contributed by atoms with van der Waals surface area (Å²) in [5, 5.41) is 3.15. The monoisotopic (exact) mass is 339 g/mol. The zero-order valence-corrected chi connectivity index (χ0v) is 13.2. The largest absolute Gasteiger partial charge is 0.435 e. The van der Waals surface area contributed by atoms with Crippen LogP contribution < -0.4 is 20.9 Å². The van der Waals surface area contributed by atoms with Crippen molar-refractivity contribution in [3.63, 3.8) is 0 Å². The second-order valence-corrected chi connectivity index (χ2v) is 4.99. The molecule has 2 rings (SSSR count). The van der Waals surface area contributed by atoms with Gasteiger partial charge in [-0.05, 0) is 56.4 Å². The van der Waals surface area contributed by atoms with Crippen LogP contribution in [0.4, 0.5) is 20.4 Å². The summed E-state index contributed by atoms with van der Waals surface area (Å²) in [4.78, 5) is 8.38. The molecule has 122 valence electrons. The number of hydrogen-bond acceptors (Lipinski definition) is 5. The lowest BCUT2D eigenvalue weighted by Gasteiger charge is -2.12. The Morgan fingerprint density at radius 1 is 1.13 bits per heavy atom. The van der Waals surface area contributed by atoms with E-state index < -0.39 is 6.61 Å². The summed E-state index contributed by atoms with van der Waals surface area (Å²) in [7, 11) is 0. The highest BCUT2D eigenvalue weighted by atomic mass is 32.1. The molecule has 0 spiro atoms. The summed E-state index contributed by atoms with van der Waals surface area (Å²) >= 11 is 5.11. The van der Waals surface area contributed by atoms with Gasteiger partial charge in [0.1, 0.15) is 5.75 Å². The van der Waals surface area contributed by atoms with Gasteiger partial charge < -0.3 is 10.1 Å². The highest BCUT2D eigenvalue weighted by Gasteiger charge is 2.04. The fraction of sp³-hybridized carbons (Fsp3) is 0.214. The smallest absolute Gasteiger partial charge is 0.387 e. The van der Waals surface area contributed by atoms with E-state index in [4.69, 9.17) is 12.2 Å². The number of nitrogens with zero attached hydrogens (tertiary/aromatic N) is 2. The molecule has 1 heterocycles. The second-order valence-electron chi connectivity index (χ2n) is 4.58. The SMILES string of the molecule is Cc1cc(C)nc(NNC(=S)Nc2ccc(OC(F)F)cc2)n1. The van der Waals surface area contributed by atoms with Crippen LogP contribution in [0.5, 0.6) is 5.75 Å². The van der Waals surface area contributed by atoms with Crippen molar-refractivity contribution in [2.24, 2.45) is 0 Å². The fourth-order valence-corrected chi connectivity index (χ4v) is 1.95. The van der Waals surface area contributed by atoms with Gasteiger partial charge in [0.25, 0.3) is 0 Å². The summed E-state index contributed by atoms with van der Waals surface area (Å²) in [5.41, 5.74) is 7.80. The van der Waals surface area contributed by atoms with E-state index in [0.29, 0.717) is 11.6 Å². The highest BCUT2D eigenvalue weighted by molar-refractivity contribution is 7.80. The maximum absolute atomic E-state index is 12.1. The number of thiocarbonyl (C=S) groups is 1. The Morgan fingerprint density at radius 2 is 1.74 bits per heavy atom. The number of aryl methyl sites for hydroxylation is 2. The van der Waals surface area contributed by atoms with Gasteiger partial charge in [0.2, 0.25) is 5.95 Å². The number of halogens is 2. The van der Waals surface area contributed by atoms with Gasteiger partial charge in [-0.25, -0.2) is 9.97 Å². The van der Waals surface area contributed by atoms with Crippen LogP contribution in [-0.4, -0.2) is 21.7 Å². The first-order valence-electron chi connectivity index (χ1n) is 6.62. The molecule has 0 unspecified atom stereocenters.